The number of hydrogen-bond donors (Lipinski definition) is 1. The summed E-state index contributed by atoms with van der Waals surface area (Å²) < 4.78 is 13.9. The van der Waals surface area contributed by atoms with Gasteiger partial charge in [-0.05, 0) is 37.1 Å². The second-order valence-corrected chi connectivity index (χ2v) is 6.73. The Morgan fingerprint density at radius 2 is 2.00 bits per heavy atom. The maximum atomic E-state index is 13.9. The maximum absolute atomic E-state index is 13.9. The third-order valence-electron chi connectivity index (χ3n) is 4.94. The molecule has 140 valence electrons. The van der Waals surface area contributed by atoms with E-state index in [0.29, 0.717) is 29.9 Å². The van der Waals surface area contributed by atoms with Gasteiger partial charge < -0.3 is 10.2 Å². The summed E-state index contributed by atoms with van der Waals surface area (Å²) in [5, 5.41) is 12.9. The van der Waals surface area contributed by atoms with Crippen LogP contribution in [0.15, 0.2) is 48.7 Å². The fraction of sp³-hybridized carbons (Fsp3) is 0.238. The van der Waals surface area contributed by atoms with Crippen LogP contribution in [0.4, 0.5) is 10.2 Å². The second kappa shape index (κ2) is 7.61. The van der Waals surface area contributed by atoms with Crippen LogP contribution >= 0.6 is 0 Å². The van der Waals surface area contributed by atoms with Crippen LogP contribution in [0.25, 0.3) is 10.9 Å². The normalized spacial score (nSPS) is 14.6. The number of rotatable bonds is 3. The third-order valence-corrected chi connectivity index (χ3v) is 4.94. The Hall–Kier alpha value is -3.53. The Labute approximate surface area is 161 Å². The zero-order chi connectivity index (χ0) is 19.5. The maximum Gasteiger partial charge on any atom is 0.270 e. The Bertz CT molecular complexity index is 1070. The first-order valence-corrected chi connectivity index (χ1v) is 9.12. The predicted octanol–water partition coefficient (Wildman–Crippen LogP) is 3.04. The molecule has 4 rings (SSSR count). The number of fused-ring (bicyclic) bond motifs is 1. The van der Waals surface area contributed by atoms with E-state index < -0.39 is 5.82 Å². The monoisotopic (exact) mass is 375 g/mol. The van der Waals surface area contributed by atoms with E-state index in [2.05, 4.69) is 26.3 Å². The lowest BCUT2D eigenvalue weighted by Crippen LogP contribution is -2.45. The summed E-state index contributed by atoms with van der Waals surface area (Å²) in [6, 6.07) is 13.7. The van der Waals surface area contributed by atoms with E-state index in [0.717, 1.165) is 12.8 Å². The van der Waals surface area contributed by atoms with E-state index in [4.69, 9.17) is 0 Å². The third kappa shape index (κ3) is 3.49. The molecule has 0 radical (unpaired) electrons. The lowest BCUT2D eigenvalue weighted by atomic mass is 10.0. The number of hydrogen-bond acceptors (Lipinski definition) is 5. The zero-order valence-corrected chi connectivity index (χ0v) is 15.1. The number of piperidine rings is 1. The molecule has 0 bridgehead atoms. The van der Waals surface area contributed by atoms with E-state index in [1.165, 1.54) is 6.07 Å². The van der Waals surface area contributed by atoms with E-state index in [-0.39, 0.29) is 23.2 Å². The smallest absolute Gasteiger partial charge is 0.270 e. The summed E-state index contributed by atoms with van der Waals surface area (Å²) in [7, 11) is 0. The Morgan fingerprint density at radius 3 is 2.79 bits per heavy atom. The summed E-state index contributed by atoms with van der Waals surface area (Å²) in [6.45, 7) is 1.38. The molecule has 2 aromatic heterocycles. The molecule has 28 heavy (non-hydrogen) atoms. The minimum atomic E-state index is -0.441. The van der Waals surface area contributed by atoms with Crippen LogP contribution in [0.3, 0.4) is 0 Å². The molecule has 1 amide bonds. The average Bonchev–Trinajstić information content (AvgIpc) is 2.74. The van der Waals surface area contributed by atoms with Gasteiger partial charge in [0.1, 0.15) is 28.9 Å². The van der Waals surface area contributed by atoms with Crippen LogP contribution in [-0.4, -0.2) is 35.0 Å². The van der Waals surface area contributed by atoms with Crippen molar-refractivity contribution in [1.82, 2.24) is 15.3 Å². The predicted molar refractivity (Wildman–Crippen MR) is 103 cm³/mol. The second-order valence-electron chi connectivity index (χ2n) is 6.73. The first-order chi connectivity index (χ1) is 13.7. The van der Waals surface area contributed by atoms with Crippen molar-refractivity contribution in [3.05, 3.63) is 65.7 Å². The lowest BCUT2D eigenvalue weighted by Gasteiger charge is -2.33. The molecule has 0 atom stereocenters. The van der Waals surface area contributed by atoms with Crippen molar-refractivity contribution >= 4 is 22.6 Å². The number of nitrogens with one attached hydrogen (secondary N) is 1. The Morgan fingerprint density at radius 1 is 1.18 bits per heavy atom. The number of para-hydroxylation sites is 1. The van der Waals surface area contributed by atoms with Gasteiger partial charge in [0.05, 0.1) is 5.56 Å². The van der Waals surface area contributed by atoms with Crippen molar-refractivity contribution in [1.29, 1.82) is 5.26 Å². The average molecular weight is 375 g/mol. The summed E-state index contributed by atoms with van der Waals surface area (Å²) in [5.41, 5.74) is 0.952. The molecule has 3 heterocycles. The number of nitrogens with zero attached hydrogens (tertiary/aromatic N) is 4. The number of nitriles is 1. The standard InChI is InChI=1S/C21H18FN5O/c22-17-5-1-3-14-6-7-18(26-19(14)17)21(28)25-16-8-11-27(12-9-16)20-15(13-23)4-2-10-24-20/h1-7,10,16H,8-9,11-12H2,(H,25,28). The largest absolute Gasteiger partial charge is 0.355 e. The van der Waals surface area contributed by atoms with Crippen molar-refractivity contribution in [3.63, 3.8) is 0 Å². The lowest BCUT2D eigenvalue weighted by molar-refractivity contribution is 0.0926. The fourth-order valence-electron chi connectivity index (χ4n) is 3.47. The molecule has 0 saturated carbocycles. The number of pyridine rings is 2. The number of halogens is 1. The number of anilines is 1. The van der Waals surface area contributed by atoms with E-state index in [1.54, 1.807) is 42.6 Å². The molecule has 1 saturated heterocycles. The molecule has 6 nitrogen and oxygen atoms in total. The van der Waals surface area contributed by atoms with Crippen molar-refractivity contribution in [2.75, 3.05) is 18.0 Å². The van der Waals surface area contributed by atoms with Gasteiger partial charge in [-0.15, -0.1) is 0 Å². The van der Waals surface area contributed by atoms with Gasteiger partial charge >= 0.3 is 0 Å². The minimum absolute atomic E-state index is 0.00360. The van der Waals surface area contributed by atoms with Crippen molar-refractivity contribution < 1.29 is 9.18 Å². The van der Waals surface area contributed by atoms with E-state index >= 15 is 0 Å². The van der Waals surface area contributed by atoms with Crippen molar-refractivity contribution in [2.45, 2.75) is 18.9 Å². The summed E-state index contributed by atoms with van der Waals surface area (Å²) in [4.78, 5) is 23.1. The van der Waals surface area contributed by atoms with Gasteiger partial charge in [0.15, 0.2) is 0 Å². The molecule has 1 aromatic carbocycles. The van der Waals surface area contributed by atoms with E-state index in [9.17, 15) is 14.4 Å². The molecular formula is C21H18FN5O. The Kier molecular flexibility index (Phi) is 4.85. The van der Waals surface area contributed by atoms with Gasteiger partial charge in [-0.2, -0.15) is 5.26 Å². The van der Waals surface area contributed by atoms with Gasteiger partial charge in [0.2, 0.25) is 0 Å². The molecule has 0 unspecified atom stereocenters. The molecule has 1 N–H and O–H groups in total. The summed E-state index contributed by atoms with van der Waals surface area (Å²) in [6.07, 6.45) is 3.14. The molecule has 1 fully saturated rings. The number of carbonyl (C=O) groups is 1. The highest BCUT2D eigenvalue weighted by molar-refractivity contribution is 5.95. The molecule has 1 aliphatic heterocycles. The number of carbonyl (C=O) groups excluding carboxylic acids is 1. The van der Waals surface area contributed by atoms with Gasteiger partial charge in [-0.1, -0.05) is 18.2 Å². The summed E-state index contributed by atoms with van der Waals surface area (Å²) in [5.74, 6) is -0.0651. The van der Waals surface area contributed by atoms with Gasteiger partial charge in [0, 0.05) is 30.7 Å². The van der Waals surface area contributed by atoms with E-state index in [1.807, 2.05) is 0 Å². The summed E-state index contributed by atoms with van der Waals surface area (Å²) >= 11 is 0. The van der Waals surface area contributed by atoms with Crippen LogP contribution in [0.5, 0.6) is 0 Å². The molecular weight excluding hydrogens is 357 g/mol. The van der Waals surface area contributed by atoms with Crippen LogP contribution < -0.4 is 10.2 Å². The fourth-order valence-corrected chi connectivity index (χ4v) is 3.47. The highest BCUT2D eigenvalue weighted by atomic mass is 19.1. The molecule has 0 spiro atoms. The highest BCUT2D eigenvalue weighted by Gasteiger charge is 2.24. The first-order valence-electron chi connectivity index (χ1n) is 9.12. The molecule has 1 aliphatic rings. The molecule has 0 aliphatic carbocycles. The highest BCUT2D eigenvalue weighted by Crippen LogP contribution is 2.21. The van der Waals surface area contributed by atoms with Crippen molar-refractivity contribution in [2.24, 2.45) is 0 Å². The van der Waals surface area contributed by atoms with Crippen LogP contribution in [-0.2, 0) is 0 Å². The number of amides is 1. The number of benzene rings is 1. The quantitative estimate of drug-likeness (QED) is 0.761. The topological polar surface area (TPSA) is 81.9 Å². The van der Waals surface area contributed by atoms with Gasteiger partial charge in [-0.25, -0.2) is 14.4 Å². The first kappa shape index (κ1) is 17.9. The van der Waals surface area contributed by atoms with Gasteiger partial charge in [-0.3, -0.25) is 4.79 Å². The zero-order valence-electron chi connectivity index (χ0n) is 15.1. The molecule has 7 heteroatoms. The van der Waals surface area contributed by atoms with Crippen LogP contribution in [0.1, 0.15) is 28.9 Å². The molecule has 3 aromatic rings. The number of aromatic nitrogens is 2. The SMILES string of the molecule is N#Cc1cccnc1N1CCC(NC(=O)c2ccc3cccc(F)c3n2)CC1. The van der Waals surface area contributed by atoms with Crippen LogP contribution in [0, 0.1) is 17.1 Å². The van der Waals surface area contributed by atoms with Gasteiger partial charge in [0.25, 0.3) is 5.91 Å². The minimum Gasteiger partial charge on any atom is -0.355 e. The Balaban J connectivity index is 1.42. The van der Waals surface area contributed by atoms with Crippen LogP contribution in [0.2, 0.25) is 0 Å². The van der Waals surface area contributed by atoms with Crippen molar-refractivity contribution in [3.8, 4) is 6.07 Å².